The van der Waals surface area contributed by atoms with Crippen LogP contribution in [0, 0.1) is 0 Å². The Bertz CT molecular complexity index is 354. The van der Waals surface area contributed by atoms with E-state index in [1.807, 2.05) is 6.92 Å². The molecule has 16 heavy (non-hydrogen) atoms. The zero-order valence-corrected chi connectivity index (χ0v) is 9.05. The summed E-state index contributed by atoms with van der Waals surface area (Å²) in [7, 11) is 0. The molecule has 90 valence electrons. The van der Waals surface area contributed by atoms with Gasteiger partial charge in [0.15, 0.2) is 0 Å². The van der Waals surface area contributed by atoms with Gasteiger partial charge in [-0.1, -0.05) is 19.8 Å². The molecule has 0 saturated heterocycles. The van der Waals surface area contributed by atoms with Gasteiger partial charge in [-0.2, -0.15) is 13.2 Å². The van der Waals surface area contributed by atoms with E-state index in [4.69, 9.17) is 0 Å². The van der Waals surface area contributed by atoms with Crippen LogP contribution in [-0.2, 0) is 6.54 Å². The van der Waals surface area contributed by atoms with Gasteiger partial charge >= 0.3 is 6.18 Å². The first-order valence-electron chi connectivity index (χ1n) is 5.22. The van der Waals surface area contributed by atoms with Gasteiger partial charge in [-0.05, 0) is 12.5 Å². The van der Waals surface area contributed by atoms with Crippen molar-refractivity contribution < 1.29 is 18.0 Å². The Kier molecular flexibility index (Phi) is 4.15. The molecule has 0 atom stereocenters. The first-order valence-corrected chi connectivity index (χ1v) is 5.22. The molecule has 0 aromatic carbocycles. The van der Waals surface area contributed by atoms with Crippen molar-refractivity contribution in [1.82, 2.24) is 4.57 Å². The first kappa shape index (κ1) is 12.8. The number of Topliss-reactive ketones (excluding diaryl/α,β-unsaturated/α-hetero) is 1. The normalized spacial score (nSPS) is 11.8. The Morgan fingerprint density at radius 3 is 2.62 bits per heavy atom. The maximum atomic E-state index is 12.1. The van der Waals surface area contributed by atoms with Gasteiger partial charge in [0.25, 0.3) is 5.78 Å². The van der Waals surface area contributed by atoms with Crippen LogP contribution < -0.4 is 0 Å². The SMILES string of the molecule is CCCCCn1ccc(C(=O)C(F)(F)F)c1. The number of carbonyl (C=O) groups is 1. The number of alkyl halides is 3. The third-order valence-electron chi connectivity index (χ3n) is 2.29. The molecule has 0 spiro atoms. The van der Waals surface area contributed by atoms with E-state index in [0.29, 0.717) is 6.54 Å². The molecule has 0 bridgehead atoms. The molecule has 1 heterocycles. The molecule has 1 aromatic rings. The number of rotatable bonds is 5. The summed E-state index contributed by atoms with van der Waals surface area (Å²) in [6.07, 6.45) is 0.969. The average Bonchev–Trinajstić information content (AvgIpc) is 2.64. The van der Waals surface area contributed by atoms with Gasteiger partial charge in [-0.3, -0.25) is 4.79 Å². The lowest BCUT2D eigenvalue weighted by molar-refractivity contribution is -0.0885. The molecule has 0 N–H and O–H groups in total. The van der Waals surface area contributed by atoms with Crippen LogP contribution in [0.5, 0.6) is 0 Å². The maximum absolute atomic E-state index is 12.1. The zero-order chi connectivity index (χ0) is 12.2. The predicted octanol–water partition coefficient (Wildman–Crippen LogP) is 3.42. The molecule has 0 aliphatic rings. The second-order valence-corrected chi connectivity index (χ2v) is 3.67. The van der Waals surface area contributed by atoms with Gasteiger partial charge in [0.2, 0.25) is 0 Å². The highest BCUT2D eigenvalue weighted by Crippen LogP contribution is 2.21. The average molecular weight is 233 g/mol. The Labute approximate surface area is 92.1 Å². The van der Waals surface area contributed by atoms with Crippen molar-refractivity contribution in [3.05, 3.63) is 24.0 Å². The first-order chi connectivity index (χ1) is 7.45. The van der Waals surface area contributed by atoms with Crippen molar-refractivity contribution in [1.29, 1.82) is 0 Å². The zero-order valence-electron chi connectivity index (χ0n) is 9.05. The minimum absolute atomic E-state index is 0.288. The molecule has 1 aromatic heterocycles. The highest BCUT2D eigenvalue weighted by atomic mass is 19.4. The van der Waals surface area contributed by atoms with Crippen LogP contribution in [0.3, 0.4) is 0 Å². The van der Waals surface area contributed by atoms with Crippen LogP contribution in [0.4, 0.5) is 13.2 Å². The molecule has 2 nitrogen and oxygen atoms in total. The third kappa shape index (κ3) is 3.40. The minimum Gasteiger partial charge on any atom is -0.354 e. The summed E-state index contributed by atoms with van der Waals surface area (Å²) in [4.78, 5) is 10.9. The van der Waals surface area contributed by atoms with Crippen molar-refractivity contribution >= 4 is 5.78 Å². The van der Waals surface area contributed by atoms with Crippen LogP contribution >= 0.6 is 0 Å². The van der Waals surface area contributed by atoms with Crippen LogP contribution in [-0.4, -0.2) is 16.5 Å². The number of halogens is 3. The monoisotopic (exact) mass is 233 g/mol. The predicted molar refractivity (Wildman–Crippen MR) is 54.3 cm³/mol. The largest absolute Gasteiger partial charge is 0.454 e. The summed E-state index contributed by atoms with van der Waals surface area (Å²) in [5.41, 5.74) is -0.288. The quantitative estimate of drug-likeness (QED) is 0.564. The fourth-order valence-corrected chi connectivity index (χ4v) is 1.42. The van der Waals surface area contributed by atoms with Crippen molar-refractivity contribution in [2.24, 2.45) is 0 Å². The van der Waals surface area contributed by atoms with Crippen LogP contribution in [0.15, 0.2) is 18.5 Å². The van der Waals surface area contributed by atoms with Gasteiger partial charge in [-0.25, -0.2) is 0 Å². The van der Waals surface area contributed by atoms with Crippen molar-refractivity contribution in [2.45, 2.75) is 38.9 Å². The van der Waals surface area contributed by atoms with E-state index in [9.17, 15) is 18.0 Å². The lowest BCUT2D eigenvalue weighted by atomic mass is 10.2. The number of hydrogen-bond donors (Lipinski definition) is 0. The summed E-state index contributed by atoms with van der Waals surface area (Å²) >= 11 is 0. The van der Waals surface area contributed by atoms with E-state index in [2.05, 4.69) is 0 Å². The fraction of sp³-hybridized carbons (Fsp3) is 0.545. The highest BCUT2D eigenvalue weighted by molar-refractivity contribution is 6.00. The molecule has 0 saturated carbocycles. The number of hydrogen-bond acceptors (Lipinski definition) is 1. The molecule has 0 amide bonds. The van der Waals surface area contributed by atoms with Crippen LogP contribution in [0.1, 0.15) is 36.5 Å². The fourth-order valence-electron chi connectivity index (χ4n) is 1.42. The van der Waals surface area contributed by atoms with E-state index in [1.54, 1.807) is 4.57 Å². The Morgan fingerprint density at radius 1 is 1.38 bits per heavy atom. The van der Waals surface area contributed by atoms with E-state index in [0.717, 1.165) is 19.3 Å². The van der Waals surface area contributed by atoms with Gasteiger partial charge < -0.3 is 4.57 Å². The highest BCUT2D eigenvalue weighted by Gasteiger charge is 2.39. The molecule has 5 heteroatoms. The van der Waals surface area contributed by atoms with Crippen molar-refractivity contribution in [3.63, 3.8) is 0 Å². The summed E-state index contributed by atoms with van der Waals surface area (Å²) < 4.78 is 37.9. The summed E-state index contributed by atoms with van der Waals surface area (Å²) in [5.74, 6) is -1.78. The van der Waals surface area contributed by atoms with Crippen molar-refractivity contribution in [3.8, 4) is 0 Å². The van der Waals surface area contributed by atoms with E-state index in [1.165, 1.54) is 18.5 Å². The number of ketones is 1. The number of aromatic nitrogens is 1. The lowest BCUT2D eigenvalue weighted by Crippen LogP contribution is -2.22. The second-order valence-electron chi connectivity index (χ2n) is 3.67. The standard InChI is InChI=1S/C11H14F3NO/c1-2-3-4-6-15-7-5-9(8-15)10(16)11(12,13)14/h5,7-8H,2-4,6H2,1H3. The number of aryl methyl sites for hydroxylation is 1. The van der Waals surface area contributed by atoms with Gasteiger partial charge in [0, 0.05) is 24.5 Å². The lowest BCUT2D eigenvalue weighted by Gasteiger charge is -2.03. The Balaban J connectivity index is 2.61. The molecule has 0 radical (unpaired) electrons. The second kappa shape index (κ2) is 5.18. The van der Waals surface area contributed by atoms with Crippen LogP contribution in [0.25, 0.3) is 0 Å². The van der Waals surface area contributed by atoms with Gasteiger partial charge in [0.1, 0.15) is 0 Å². The Morgan fingerprint density at radius 2 is 2.06 bits per heavy atom. The molecular weight excluding hydrogens is 219 g/mol. The smallest absolute Gasteiger partial charge is 0.354 e. The van der Waals surface area contributed by atoms with E-state index >= 15 is 0 Å². The topological polar surface area (TPSA) is 22.0 Å². The number of carbonyl (C=O) groups excluding carboxylic acids is 1. The molecule has 0 aliphatic heterocycles. The summed E-state index contributed by atoms with van der Waals surface area (Å²) in [6.45, 7) is 2.70. The van der Waals surface area contributed by atoms with Crippen molar-refractivity contribution in [2.75, 3.05) is 0 Å². The minimum atomic E-state index is -4.78. The molecule has 1 rings (SSSR count). The van der Waals surface area contributed by atoms with Gasteiger partial charge in [0.05, 0.1) is 0 Å². The van der Waals surface area contributed by atoms with E-state index < -0.39 is 12.0 Å². The third-order valence-corrected chi connectivity index (χ3v) is 2.29. The molecule has 0 unspecified atom stereocenters. The van der Waals surface area contributed by atoms with Gasteiger partial charge in [-0.15, -0.1) is 0 Å². The summed E-state index contributed by atoms with van der Waals surface area (Å²) in [5, 5.41) is 0. The van der Waals surface area contributed by atoms with E-state index in [-0.39, 0.29) is 5.56 Å². The number of nitrogens with zero attached hydrogens (tertiary/aromatic N) is 1. The Hall–Kier alpha value is -1.26. The maximum Gasteiger partial charge on any atom is 0.454 e. The molecule has 0 fully saturated rings. The van der Waals surface area contributed by atoms with Crippen LogP contribution in [0.2, 0.25) is 0 Å². The number of unbranched alkanes of at least 4 members (excludes halogenated alkanes) is 2. The molecule has 0 aliphatic carbocycles. The molecular formula is C11H14F3NO. The summed E-state index contributed by atoms with van der Waals surface area (Å²) in [6, 6.07) is 1.21.